The Morgan fingerprint density at radius 1 is 1.24 bits per heavy atom. The molecule has 0 saturated heterocycles. The van der Waals surface area contributed by atoms with Gasteiger partial charge in [0.1, 0.15) is 0 Å². The minimum atomic E-state index is -3.61. The number of hydrogen-bond donors (Lipinski definition) is 0. The van der Waals surface area contributed by atoms with E-state index in [1.54, 1.807) is 23.3 Å². The van der Waals surface area contributed by atoms with Crippen molar-refractivity contribution in [1.29, 1.82) is 0 Å². The van der Waals surface area contributed by atoms with Gasteiger partial charge in [0.25, 0.3) is 10.0 Å². The molecule has 0 bridgehead atoms. The summed E-state index contributed by atoms with van der Waals surface area (Å²) in [6, 6.07) is 5.94. The maximum atomic E-state index is 12.9. The second kappa shape index (κ2) is 5.89. The third kappa shape index (κ3) is 2.81. The topological polar surface area (TPSA) is 81.0 Å². The van der Waals surface area contributed by atoms with Gasteiger partial charge in [0, 0.05) is 49.0 Å². The van der Waals surface area contributed by atoms with Gasteiger partial charge in [0.15, 0.2) is 10.7 Å². The minimum Gasteiger partial charge on any atom is -0.334 e. The SMILES string of the molecule is CC(C)n1cnc(S(=O)(=O)N2CCc3nc4ncccc4cc3C2)c1. The molecule has 1 aliphatic heterocycles. The lowest BCUT2D eigenvalue weighted by atomic mass is 10.1. The van der Waals surface area contributed by atoms with Crippen LogP contribution in [0.4, 0.5) is 0 Å². The summed E-state index contributed by atoms with van der Waals surface area (Å²) in [7, 11) is -3.61. The average molecular weight is 357 g/mol. The molecule has 4 rings (SSSR count). The molecule has 8 heteroatoms. The summed E-state index contributed by atoms with van der Waals surface area (Å²) in [6.45, 7) is 4.68. The van der Waals surface area contributed by atoms with Gasteiger partial charge < -0.3 is 4.57 Å². The highest BCUT2D eigenvalue weighted by Gasteiger charge is 2.31. The molecule has 0 saturated carbocycles. The Bertz CT molecular complexity index is 1040. The van der Waals surface area contributed by atoms with E-state index >= 15 is 0 Å². The number of sulfonamides is 1. The molecule has 0 unspecified atom stereocenters. The van der Waals surface area contributed by atoms with Gasteiger partial charge in [-0.3, -0.25) is 0 Å². The van der Waals surface area contributed by atoms with Crippen LogP contribution in [0.1, 0.15) is 31.1 Å². The van der Waals surface area contributed by atoms with E-state index in [0.717, 1.165) is 16.6 Å². The first-order chi connectivity index (χ1) is 11.9. The Kier molecular flexibility index (Phi) is 3.81. The van der Waals surface area contributed by atoms with Crippen LogP contribution < -0.4 is 0 Å². The van der Waals surface area contributed by atoms with Gasteiger partial charge in [-0.25, -0.2) is 23.4 Å². The van der Waals surface area contributed by atoms with Gasteiger partial charge in [0.05, 0.1) is 6.33 Å². The minimum absolute atomic E-state index is 0.0973. The first kappa shape index (κ1) is 16.2. The van der Waals surface area contributed by atoms with Crippen LogP contribution in [0.2, 0.25) is 0 Å². The highest BCUT2D eigenvalue weighted by Crippen LogP contribution is 2.25. The predicted octanol–water partition coefficient (Wildman–Crippen LogP) is 2.15. The maximum Gasteiger partial charge on any atom is 0.262 e. The molecule has 0 aliphatic carbocycles. The van der Waals surface area contributed by atoms with Gasteiger partial charge in [-0.15, -0.1) is 0 Å². The highest BCUT2D eigenvalue weighted by atomic mass is 32.2. The maximum absolute atomic E-state index is 12.9. The van der Waals surface area contributed by atoms with E-state index in [-0.39, 0.29) is 11.1 Å². The molecule has 0 amide bonds. The number of aromatic nitrogens is 4. The molecule has 0 aromatic carbocycles. The molecule has 25 heavy (non-hydrogen) atoms. The van der Waals surface area contributed by atoms with Gasteiger partial charge in [-0.1, -0.05) is 0 Å². The Balaban J connectivity index is 1.67. The molecule has 0 spiro atoms. The van der Waals surface area contributed by atoms with E-state index in [1.807, 2.05) is 32.0 Å². The van der Waals surface area contributed by atoms with Crippen LogP contribution >= 0.6 is 0 Å². The van der Waals surface area contributed by atoms with E-state index in [9.17, 15) is 8.42 Å². The monoisotopic (exact) mass is 357 g/mol. The van der Waals surface area contributed by atoms with Crippen molar-refractivity contribution in [2.24, 2.45) is 0 Å². The Hall–Kier alpha value is -2.32. The lowest BCUT2D eigenvalue weighted by Crippen LogP contribution is -2.36. The summed E-state index contributed by atoms with van der Waals surface area (Å²) < 4.78 is 29.1. The fourth-order valence-corrected chi connectivity index (χ4v) is 4.35. The number of hydrogen-bond acceptors (Lipinski definition) is 5. The first-order valence-electron chi connectivity index (χ1n) is 8.22. The number of imidazole rings is 1. The standard InChI is InChI=1S/C17H19N5O2S/c1-12(2)21-10-16(19-11-21)25(23,24)22-7-5-15-14(9-22)8-13-4-3-6-18-17(13)20-15/h3-4,6,8,10-12H,5,7,9H2,1-2H3. The number of nitrogens with zero attached hydrogens (tertiary/aromatic N) is 5. The molecule has 3 aromatic heterocycles. The Labute approximate surface area is 146 Å². The van der Waals surface area contributed by atoms with Gasteiger partial charge >= 0.3 is 0 Å². The first-order valence-corrected chi connectivity index (χ1v) is 9.66. The van der Waals surface area contributed by atoms with E-state index in [4.69, 9.17) is 0 Å². The zero-order valence-corrected chi connectivity index (χ0v) is 14.9. The summed E-state index contributed by atoms with van der Waals surface area (Å²) in [5, 5.41) is 1.02. The van der Waals surface area contributed by atoms with Crippen LogP contribution in [0.5, 0.6) is 0 Å². The molecular formula is C17H19N5O2S. The van der Waals surface area contributed by atoms with Crippen LogP contribution in [0.25, 0.3) is 11.0 Å². The van der Waals surface area contributed by atoms with Crippen molar-refractivity contribution in [3.63, 3.8) is 0 Å². The predicted molar refractivity (Wildman–Crippen MR) is 93.4 cm³/mol. The molecule has 3 aromatic rings. The molecule has 0 fully saturated rings. The summed E-state index contributed by atoms with van der Waals surface area (Å²) in [4.78, 5) is 12.9. The van der Waals surface area contributed by atoms with Crippen LogP contribution in [0, 0.1) is 0 Å². The molecular weight excluding hydrogens is 338 g/mol. The summed E-state index contributed by atoms with van der Waals surface area (Å²) in [5.74, 6) is 0. The van der Waals surface area contributed by atoms with Crippen LogP contribution in [-0.2, 0) is 23.0 Å². The lowest BCUT2D eigenvalue weighted by Gasteiger charge is -2.26. The van der Waals surface area contributed by atoms with Crippen LogP contribution in [0.15, 0.2) is 41.9 Å². The van der Waals surface area contributed by atoms with E-state index in [2.05, 4.69) is 15.0 Å². The lowest BCUT2D eigenvalue weighted by molar-refractivity contribution is 0.387. The molecule has 4 heterocycles. The largest absolute Gasteiger partial charge is 0.334 e. The van der Waals surface area contributed by atoms with Crippen molar-refractivity contribution in [3.05, 3.63) is 48.2 Å². The van der Waals surface area contributed by atoms with Crippen molar-refractivity contribution in [2.45, 2.75) is 37.9 Å². The molecule has 130 valence electrons. The third-order valence-electron chi connectivity index (χ3n) is 4.48. The number of pyridine rings is 2. The summed E-state index contributed by atoms with van der Waals surface area (Å²) >= 11 is 0. The van der Waals surface area contributed by atoms with Crippen LogP contribution in [-0.4, -0.2) is 38.8 Å². The zero-order chi connectivity index (χ0) is 17.6. The summed E-state index contributed by atoms with van der Waals surface area (Å²) in [6.07, 6.45) is 5.45. The van der Waals surface area contributed by atoms with Crippen molar-refractivity contribution < 1.29 is 8.42 Å². The van der Waals surface area contributed by atoms with Crippen molar-refractivity contribution in [2.75, 3.05) is 6.54 Å². The molecule has 7 nitrogen and oxygen atoms in total. The molecule has 0 N–H and O–H groups in total. The molecule has 0 radical (unpaired) electrons. The van der Waals surface area contributed by atoms with Gasteiger partial charge in [0.2, 0.25) is 0 Å². The number of rotatable bonds is 3. The van der Waals surface area contributed by atoms with Crippen molar-refractivity contribution in [3.8, 4) is 0 Å². The summed E-state index contributed by atoms with van der Waals surface area (Å²) in [5.41, 5.74) is 2.55. The van der Waals surface area contributed by atoms with Crippen molar-refractivity contribution >= 4 is 21.1 Å². The fourth-order valence-electron chi connectivity index (χ4n) is 3.01. The van der Waals surface area contributed by atoms with Crippen molar-refractivity contribution in [1.82, 2.24) is 23.8 Å². The third-order valence-corrected chi connectivity index (χ3v) is 6.21. The number of fused-ring (bicyclic) bond motifs is 2. The van der Waals surface area contributed by atoms with E-state index in [0.29, 0.717) is 25.2 Å². The van der Waals surface area contributed by atoms with Crippen LogP contribution in [0.3, 0.4) is 0 Å². The highest BCUT2D eigenvalue weighted by molar-refractivity contribution is 7.89. The normalized spacial score (nSPS) is 15.6. The average Bonchev–Trinajstić information content (AvgIpc) is 3.10. The zero-order valence-electron chi connectivity index (χ0n) is 14.1. The van der Waals surface area contributed by atoms with E-state index in [1.165, 1.54) is 4.31 Å². The Morgan fingerprint density at radius 2 is 2.08 bits per heavy atom. The Morgan fingerprint density at radius 3 is 2.84 bits per heavy atom. The molecule has 0 atom stereocenters. The van der Waals surface area contributed by atoms with E-state index < -0.39 is 10.0 Å². The second-order valence-corrected chi connectivity index (χ2v) is 8.37. The smallest absolute Gasteiger partial charge is 0.262 e. The second-order valence-electron chi connectivity index (χ2n) is 6.49. The quantitative estimate of drug-likeness (QED) is 0.717. The fraction of sp³-hybridized carbons (Fsp3) is 0.353. The van der Waals surface area contributed by atoms with Gasteiger partial charge in [-0.05, 0) is 37.6 Å². The van der Waals surface area contributed by atoms with Gasteiger partial charge in [-0.2, -0.15) is 4.31 Å². The molecule has 1 aliphatic rings.